The number of alkyl halides is 2. The summed E-state index contributed by atoms with van der Waals surface area (Å²) in [5.74, 6) is -1.35. The smallest absolute Gasteiger partial charge is 0.387 e. The van der Waals surface area contributed by atoms with Crippen molar-refractivity contribution in [2.24, 2.45) is 0 Å². The van der Waals surface area contributed by atoms with E-state index in [1.807, 2.05) is 0 Å². The Bertz CT molecular complexity index is 1050. The van der Waals surface area contributed by atoms with Gasteiger partial charge in [-0.1, -0.05) is 0 Å². The molecule has 3 rings (SSSR count). The van der Waals surface area contributed by atoms with Crippen molar-refractivity contribution in [3.8, 4) is 5.75 Å². The molecule has 0 aromatic heterocycles. The quantitative estimate of drug-likeness (QED) is 0.464. The first kappa shape index (κ1) is 21.7. The molecule has 1 heterocycles. The average molecular weight is 439 g/mol. The van der Waals surface area contributed by atoms with Gasteiger partial charge < -0.3 is 9.47 Å². The highest BCUT2D eigenvalue weighted by Crippen LogP contribution is 2.31. The summed E-state index contributed by atoms with van der Waals surface area (Å²) in [5.41, 5.74) is 1.67. The summed E-state index contributed by atoms with van der Waals surface area (Å²) in [6.07, 6.45) is 0.489. The van der Waals surface area contributed by atoms with E-state index in [0.717, 1.165) is 5.56 Å². The summed E-state index contributed by atoms with van der Waals surface area (Å²) in [7, 11) is -3.38. The molecule has 2 aromatic carbocycles. The molecule has 0 unspecified atom stereocenters. The number of anilines is 1. The molecule has 1 aliphatic heterocycles. The molecule has 0 radical (unpaired) electrons. The van der Waals surface area contributed by atoms with Crippen LogP contribution in [0.5, 0.6) is 5.75 Å². The predicted octanol–water partition coefficient (Wildman–Crippen LogP) is 3.04. The molecule has 0 saturated heterocycles. The molecule has 160 valence electrons. The number of esters is 1. The number of carbonyl (C=O) groups is 2. The summed E-state index contributed by atoms with van der Waals surface area (Å²) >= 11 is 0. The number of sulfonamides is 1. The molecule has 0 amide bonds. The number of benzene rings is 2. The van der Waals surface area contributed by atoms with E-state index in [-0.39, 0.29) is 17.1 Å². The van der Waals surface area contributed by atoms with Crippen LogP contribution in [0.2, 0.25) is 0 Å². The highest BCUT2D eigenvalue weighted by atomic mass is 32.2. The monoisotopic (exact) mass is 439 g/mol. The van der Waals surface area contributed by atoms with Crippen LogP contribution in [0.4, 0.5) is 14.5 Å². The fraction of sp³-hybridized carbons (Fsp3) is 0.300. The third-order valence-corrected chi connectivity index (χ3v) is 6.38. The number of nitrogens with zero attached hydrogens (tertiary/aromatic N) is 1. The van der Waals surface area contributed by atoms with Crippen molar-refractivity contribution in [2.75, 3.05) is 23.2 Å². The van der Waals surface area contributed by atoms with Crippen LogP contribution in [0.15, 0.2) is 42.5 Å². The molecule has 0 atom stereocenters. The molecule has 0 bridgehead atoms. The first-order valence-corrected chi connectivity index (χ1v) is 10.7. The lowest BCUT2D eigenvalue weighted by molar-refractivity contribution is -0.0498. The molecule has 0 spiro atoms. The molecule has 0 N–H and O–H groups in total. The zero-order valence-electron chi connectivity index (χ0n) is 16.0. The number of ether oxygens (including phenoxy) is 2. The van der Waals surface area contributed by atoms with Crippen molar-refractivity contribution in [3.05, 3.63) is 59.2 Å². The summed E-state index contributed by atoms with van der Waals surface area (Å²) in [5, 5.41) is 0. The minimum atomic E-state index is -3.38. The van der Waals surface area contributed by atoms with Crippen LogP contribution >= 0.6 is 0 Å². The zero-order chi connectivity index (χ0) is 21.9. The van der Waals surface area contributed by atoms with E-state index in [1.165, 1.54) is 34.6 Å². The van der Waals surface area contributed by atoms with Crippen LogP contribution < -0.4 is 9.04 Å². The number of halogens is 2. The van der Waals surface area contributed by atoms with Gasteiger partial charge in [-0.05, 0) is 61.4 Å². The number of hydrogen-bond donors (Lipinski definition) is 0. The maximum atomic E-state index is 12.4. The van der Waals surface area contributed by atoms with Gasteiger partial charge in [-0.2, -0.15) is 8.78 Å². The van der Waals surface area contributed by atoms with E-state index in [2.05, 4.69) is 4.74 Å². The Kier molecular flexibility index (Phi) is 6.35. The van der Waals surface area contributed by atoms with E-state index in [1.54, 1.807) is 19.1 Å². The first-order chi connectivity index (χ1) is 14.2. The molecule has 10 heteroatoms. The van der Waals surface area contributed by atoms with Gasteiger partial charge in [0.25, 0.3) is 0 Å². The minimum Gasteiger partial charge on any atom is -0.454 e. The number of fused-ring (bicyclic) bond motifs is 1. The number of ketones is 1. The molecular weight excluding hydrogens is 420 g/mol. The molecule has 0 aliphatic carbocycles. The Hall–Kier alpha value is -3.01. The second-order valence-electron chi connectivity index (χ2n) is 6.47. The Morgan fingerprint density at radius 1 is 1.10 bits per heavy atom. The number of rotatable bonds is 8. The Labute approximate surface area is 172 Å². The molecule has 2 aromatic rings. The van der Waals surface area contributed by atoms with Crippen LogP contribution in [-0.4, -0.2) is 45.7 Å². The minimum absolute atomic E-state index is 0.0156. The molecular formula is C20H19F2NO6S. The first-order valence-electron chi connectivity index (χ1n) is 9.10. The maximum Gasteiger partial charge on any atom is 0.387 e. The lowest BCUT2D eigenvalue weighted by Crippen LogP contribution is -2.30. The van der Waals surface area contributed by atoms with Gasteiger partial charge in [0, 0.05) is 12.1 Å². The van der Waals surface area contributed by atoms with Crippen LogP contribution in [0.1, 0.15) is 33.2 Å². The largest absolute Gasteiger partial charge is 0.454 e. The normalized spacial score (nSPS) is 13.3. The molecule has 1 aliphatic rings. The van der Waals surface area contributed by atoms with Gasteiger partial charge in [-0.3, -0.25) is 9.10 Å². The predicted molar refractivity (Wildman–Crippen MR) is 105 cm³/mol. The van der Waals surface area contributed by atoms with Gasteiger partial charge in [-0.25, -0.2) is 13.2 Å². The van der Waals surface area contributed by atoms with Crippen molar-refractivity contribution >= 4 is 27.5 Å². The zero-order valence-corrected chi connectivity index (χ0v) is 16.8. The molecule has 30 heavy (non-hydrogen) atoms. The fourth-order valence-electron chi connectivity index (χ4n) is 3.06. The molecule has 0 saturated carbocycles. The van der Waals surface area contributed by atoms with Crippen molar-refractivity contribution in [3.63, 3.8) is 0 Å². The second kappa shape index (κ2) is 8.78. The van der Waals surface area contributed by atoms with Crippen LogP contribution in [0.25, 0.3) is 0 Å². The van der Waals surface area contributed by atoms with Crippen molar-refractivity contribution in [2.45, 2.75) is 20.0 Å². The summed E-state index contributed by atoms with van der Waals surface area (Å²) in [6, 6.07) is 9.57. The number of carbonyl (C=O) groups excluding carboxylic acids is 2. The molecule has 0 fully saturated rings. The van der Waals surface area contributed by atoms with E-state index in [4.69, 9.17) is 4.74 Å². The van der Waals surface area contributed by atoms with Gasteiger partial charge in [0.2, 0.25) is 10.0 Å². The van der Waals surface area contributed by atoms with Crippen LogP contribution in [0, 0.1) is 0 Å². The summed E-state index contributed by atoms with van der Waals surface area (Å²) in [6.45, 7) is -1.59. The average Bonchev–Trinajstić information content (AvgIpc) is 3.16. The summed E-state index contributed by atoms with van der Waals surface area (Å²) in [4.78, 5) is 24.4. The Morgan fingerprint density at radius 3 is 2.40 bits per heavy atom. The number of Topliss-reactive ketones (excluding diaryl/α,β-unsaturated/α-hetero) is 1. The SMILES string of the molecule is CCS(=O)(=O)N1CCc2cc(C(=O)COC(=O)c3ccc(OC(F)F)cc3)ccc21. The van der Waals surface area contributed by atoms with Crippen molar-refractivity contribution < 1.29 is 36.3 Å². The van der Waals surface area contributed by atoms with E-state index in [9.17, 15) is 26.8 Å². The van der Waals surface area contributed by atoms with Gasteiger partial charge in [0.05, 0.1) is 17.0 Å². The third kappa shape index (κ3) is 4.76. The highest BCUT2D eigenvalue weighted by molar-refractivity contribution is 7.92. The van der Waals surface area contributed by atoms with Gasteiger partial charge in [0.15, 0.2) is 12.4 Å². The lowest BCUT2D eigenvalue weighted by Gasteiger charge is -2.18. The second-order valence-corrected chi connectivity index (χ2v) is 8.65. The van der Waals surface area contributed by atoms with Gasteiger partial charge in [0.1, 0.15) is 5.75 Å². The van der Waals surface area contributed by atoms with Crippen LogP contribution in [0.3, 0.4) is 0 Å². The standard InChI is InChI=1S/C20H19F2NO6S/c1-2-30(26,27)23-10-9-14-11-15(5-8-17(14)23)18(24)12-28-19(25)13-3-6-16(7-4-13)29-20(21)22/h3-8,11,20H,2,9-10,12H2,1H3. The number of hydrogen-bond acceptors (Lipinski definition) is 6. The summed E-state index contributed by atoms with van der Waals surface area (Å²) < 4.78 is 59.1. The van der Waals surface area contributed by atoms with E-state index < -0.39 is 35.0 Å². The van der Waals surface area contributed by atoms with E-state index in [0.29, 0.717) is 24.2 Å². The highest BCUT2D eigenvalue weighted by Gasteiger charge is 2.28. The Morgan fingerprint density at radius 2 is 1.77 bits per heavy atom. The fourth-order valence-corrected chi connectivity index (χ4v) is 4.22. The van der Waals surface area contributed by atoms with Gasteiger partial charge >= 0.3 is 12.6 Å². The lowest BCUT2D eigenvalue weighted by atomic mass is 10.1. The van der Waals surface area contributed by atoms with Crippen LogP contribution in [-0.2, 0) is 21.2 Å². The topological polar surface area (TPSA) is 90.0 Å². The van der Waals surface area contributed by atoms with Gasteiger partial charge in [-0.15, -0.1) is 0 Å². The Balaban J connectivity index is 1.62. The maximum absolute atomic E-state index is 12.4. The van der Waals surface area contributed by atoms with E-state index >= 15 is 0 Å². The molecule has 7 nitrogen and oxygen atoms in total. The third-order valence-electron chi connectivity index (χ3n) is 4.60. The van der Waals surface area contributed by atoms with Crippen molar-refractivity contribution in [1.29, 1.82) is 0 Å². The van der Waals surface area contributed by atoms with Crippen molar-refractivity contribution in [1.82, 2.24) is 0 Å².